The first-order valence-corrected chi connectivity index (χ1v) is 15.3. The molecule has 38 heavy (non-hydrogen) atoms. The van der Waals surface area contributed by atoms with Gasteiger partial charge in [0.05, 0.1) is 11.9 Å². The number of hydrogen-bond donors (Lipinski definition) is 1. The van der Waals surface area contributed by atoms with E-state index in [0.29, 0.717) is 38.3 Å². The molecule has 0 spiro atoms. The van der Waals surface area contributed by atoms with E-state index in [0.717, 1.165) is 6.26 Å². The lowest BCUT2D eigenvalue weighted by Gasteiger charge is -2.33. The number of nitrogens with one attached hydrogen (secondary N) is 1. The van der Waals surface area contributed by atoms with Crippen LogP contribution in [0.4, 0.5) is 5.69 Å². The van der Waals surface area contributed by atoms with Crippen molar-refractivity contribution in [3.05, 3.63) is 62.6 Å². The Morgan fingerprint density at radius 1 is 1.05 bits per heavy atom. The van der Waals surface area contributed by atoms with Crippen LogP contribution in [0.5, 0.6) is 0 Å². The van der Waals surface area contributed by atoms with Crippen LogP contribution in [0.25, 0.3) is 0 Å². The van der Waals surface area contributed by atoms with Crippen LogP contribution in [-0.4, -0.2) is 49.5 Å². The average molecular weight is 605 g/mol. The summed E-state index contributed by atoms with van der Waals surface area (Å²) in [5, 5.41) is 4.26. The number of carbonyl (C=O) groups is 2. The minimum Gasteiger partial charge on any atom is -0.350 e. The highest BCUT2D eigenvalue weighted by Gasteiger charge is 2.31. The number of hydrogen-bond acceptors (Lipinski definition) is 4. The van der Waals surface area contributed by atoms with Gasteiger partial charge in [-0.2, -0.15) is 0 Å². The van der Waals surface area contributed by atoms with Crippen molar-refractivity contribution in [2.75, 3.05) is 17.1 Å². The molecule has 11 heteroatoms. The van der Waals surface area contributed by atoms with Crippen LogP contribution in [0.1, 0.15) is 58.1 Å². The second-order valence-corrected chi connectivity index (χ2v) is 13.4. The van der Waals surface area contributed by atoms with Gasteiger partial charge in [-0.1, -0.05) is 53.9 Å². The second kappa shape index (κ2) is 13.4. The Morgan fingerprint density at radius 3 is 2.26 bits per heavy atom. The molecule has 2 rings (SSSR count). The zero-order valence-electron chi connectivity index (χ0n) is 22.6. The Bertz CT molecular complexity index is 1260. The lowest BCUT2D eigenvalue weighted by molar-refractivity contribution is -0.142. The van der Waals surface area contributed by atoms with Crippen LogP contribution < -0.4 is 9.62 Å². The van der Waals surface area contributed by atoms with Gasteiger partial charge in [0.2, 0.25) is 21.8 Å². The van der Waals surface area contributed by atoms with Gasteiger partial charge in [0.1, 0.15) is 6.04 Å². The summed E-state index contributed by atoms with van der Waals surface area (Å²) in [5.41, 5.74) is 1.27. The molecule has 2 aromatic rings. The van der Waals surface area contributed by atoms with Crippen molar-refractivity contribution in [1.82, 2.24) is 10.2 Å². The van der Waals surface area contributed by atoms with E-state index in [1.165, 1.54) is 9.21 Å². The zero-order chi connectivity index (χ0) is 28.8. The molecular formula is C27H36Cl3N3O4S. The molecule has 0 saturated heterocycles. The Kier molecular flexibility index (Phi) is 11.3. The average Bonchev–Trinajstić information content (AvgIpc) is 2.78. The van der Waals surface area contributed by atoms with Crippen LogP contribution in [0, 0.1) is 6.92 Å². The fraction of sp³-hybridized carbons (Fsp3) is 0.481. The normalized spacial score (nSPS) is 12.7. The summed E-state index contributed by atoms with van der Waals surface area (Å²) in [6.07, 6.45) is 1.76. The minimum absolute atomic E-state index is 0.0239. The first kappa shape index (κ1) is 32.2. The molecule has 7 nitrogen and oxygen atoms in total. The fourth-order valence-corrected chi connectivity index (χ4v) is 5.71. The van der Waals surface area contributed by atoms with E-state index in [2.05, 4.69) is 5.32 Å². The number of benzene rings is 2. The van der Waals surface area contributed by atoms with Gasteiger partial charge in [0.25, 0.3) is 0 Å². The van der Waals surface area contributed by atoms with E-state index in [1.54, 1.807) is 43.3 Å². The van der Waals surface area contributed by atoms with E-state index in [9.17, 15) is 18.0 Å². The van der Waals surface area contributed by atoms with E-state index < -0.39 is 21.6 Å². The van der Waals surface area contributed by atoms with Gasteiger partial charge < -0.3 is 10.2 Å². The van der Waals surface area contributed by atoms with Crippen LogP contribution in [0.2, 0.25) is 15.1 Å². The smallest absolute Gasteiger partial charge is 0.243 e. The summed E-state index contributed by atoms with van der Waals surface area (Å²) < 4.78 is 26.4. The zero-order valence-corrected chi connectivity index (χ0v) is 25.7. The lowest BCUT2D eigenvalue weighted by atomic mass is 10.0. The SMILES string of the molecule is CC[C@H](C(=O)NC(C)(C)C)N(Cc1ccc(Cl)cc1Cl)C(=O)CCCN(c1cccc(Cl)c1C)S(C)(=O)=O. The molecule has 0 radical (unpaired) electrons. The maximum atomic E-state index is 13.6. The van der Waals surface area contributed by atoms with Crippen LogP contribution in [-0.2, 0) is 26.2 Å². The molecule has 0 saturated carbocycles. The third kappa shape index (κ3) is 9.04. The minimum atomic E-state index is -3.63. The molecule has 0 fully saturated rings. The number of nitrogens with zero attached hydrogens (tertiary/aromatic N) is 2. The van der Waals surface area contributed by atoms with Crippen LogP contribution in [0.3, 0.4) is 0 Å². The van der Waals surface area contributed by atoms with E-state index in [-0.39, 0.29) is 37.7 Å². The number of anilines is 1. The molecule has 0 bridgehead atoms. The highest BCUT2D eigenvalue weighted by molar-refractivity contribution is 7.92. The van der Waals surface area contributed by atoms with Gasteiger partial charge >= 0.3 is 0 Å². The van der Waals surface area contributed by atoms with Crippen molar-refractivity contribution in [2.24, 2.45) is 0 Å². The van der Waals surface area contributed by atoms with Crippen molar-refractivity contribution in [3.63, 3.8) is 0 Å². The number of carbonyl (C=O) groups excluding carboxylic acids is 2. The van der Waals surface area contributed by atoms with Crippen molar-refractivity contribution in [2.45, 2.75) is 72.0 Å². The van der Waals surface area contributed by atoms with Crippen molar-refractivity contribution >= 4 is 62.3 Å². The molecule has 2 aromatic carbocycles. The van der Waals surface area contributed by atoms with Gasteiger partial charge in [0.15, 0.2) is 0 Å². The number of halogens is 3. The first-order valence-electron chi connectivity index (χ1n) is 12.3. The van der Waals surface area contributed by atoms with Gasteiger partial charge in [-0.3, -0.25) is 13.9 Å². The second-order valence-electron chi connectivity index (χ2n) is 10.2. The fourth-order valence-electron chi connectivity index (χ4n) is 4.05. The molecule has 0 unspecified atom stereocenters. The quantitative estimate of drug-likeness (QED) is 0.330. The van der Waals surface area contributed by atoms with E-state index in [4.69, 9.17) is 34.8 Å². The predicted molar refractivity (Wildman–Crippen MR) is 157 cm³/mol. The highest BCUT2D eigenvalue weighted by atomic mass is 35.5. The Labute approximate surface area is 241 Å². The molecule has 2 amide bonds. The Morgan fingerprint density at radius 2 is 1.71 bits per heavy atom. The summed E-state index contributed by atoms with van der Waals surface area (Å²) in [4.78, 5) is 28.3. The monoisotopic (exact) mass is 603 g/mol. The Hall–Kier alpha value is -2.00. The topological polar surface area (TPSA) is 86.8 Å². The lowest BCUT2D eigenvalue weighted by Crippen LogP contribution is -2.53. The third-order valence-corrected chi connectivity index (χ3v) is 8.08. The molecule has 0 aliphatic carbocycles. The maximum absolute atomic E-state index is 13.6. The van der Waals surface area contributed by atoms with Crippen molar-refractivity contribution < 1.29 is 18.0 Å². The maximum Gasteiger partial charge on any atom is 0.243 e. The molecule has 0 aliphatic heterocycles. The standard InChI is InChI=1S/C27H36Cl3N3O4S/c1-7-23(26(35)31-27(3,4)5)32(17-19-13-14-20(28)16-22(19)30)25(34)12-9-15-33(38(6,36)37)24-11-8-10-21(29)18(24)2/h8,10-11,13-14,16,23H,7,9,12,15,17H2,1-6H3,(H,31,35)/t23-/m1/s1. The summed E-state index contributed by atoms with van der Waals surface area (Å²) in [6, 6.07) is 9.32. The van der Waals surface area contributed by atoms with E-state index >= 15 is 0 Å². The molecular weight excluding hydrogens is 569 g/mol. The summed E-state index contributed by atoms with van der Waals surface area (Å²) in [5.74, 6) is -0.561. The molecule has 0 aliphatic rings. The van der Waals surface area contributed by atoms with Gasteiger partial charge in [0, 0.05) is 40.1 Å². The molecule has 0 heterocycles. The molecule has 1 N–H and O–H groups in total. The van der Waals surface area contributed by atoms with Gasteiger partial charge in [-0.15, -0.1) is 0 Å². The van der Waals surface area contributed by atoms with Crippen LogP contribution >= 0.6 is 34.8 Å². The number of rotatable bonds is 11. The van der Waals surface area contributed by atoms with Crippen molar-refractivity contribution in [1.29, 1.82) is 0 Å². The molecule has 210 valence electrons. The van der Waals surface area contributed by atoms with Crippen LogP contribution in [0.15, 0.2) is 36.4 Å². The number of amides is 2. The predicted octanol–water partition coefficient (Wildman–Crippen LogP) is 6.22. The summed E-state index contributed by atoms with van der Waals surface area (Å²) in [7, 11) is -3.63. The summed E-state index contributed by atoms with van der Waals surface area (Å²) >= 11 is 18.7. The van der Waals surface area contributed by atoms with E-state index in [1.807, 2.05) is 27.7 Å². The third-order valence-electron chi connectivity index (χ3n) is 5.90. The number of sulfonamides is 1. The summed E-state index contributed by atoms with van der Waals surface area (Å²) in [6.45, 7) is 9.38. The van der Waals surface area contributed by atoms with Gasteiger partial charge in [-0.25, -0.2) is 8.42 Å². The van der Waals surface area contributed by atoms with Gasteiger partial charge in [-0.05, 0) is 75.9 Å². The first-order chi connectivity index (χ1) is 17.5. The largest absolute Gasteiger partial charge is 0.350 e. The Balaban J connectivity index is 2.31. The van der Waals surface area contributed by atoms with Crippen molar-refractivity contribution in [3.8, 4) is 0 Å². The molecule has 0 aromatic heterocycles. The highest BCUT2D eigenvalue weighted by Crippen LogP contribution is 2.29. The molecule has 1 atom stereocenters.